The molecule has 0 saturated carbocycles. The van der Waals surface area contributed by atoms with Crippen LogP contribution in [0, 0.1) is 9.49 Å². The Bertz CT molecular complexity index is 300. The highest BCUT2D eigenvalue weighted by atomic mass is 127. The fourth-order valence-electron chi connectivity index (χ4n) is 1.20. The molecule has 0 aromatic heterocycles. The molecule has 0 radical (unpaired) electrons. The third kappa shape index (κ3) is 6.33. The van der Waals surface area contributed by atoms with Crippen molar-refractivity contribution in [3.05, 3.63) is 27.8 Å². The van der Waals surface area contributed by atoms with Gasteiger partial charge >= 0.3 is 0 Å². The summed E-state index contributed by atoms with van der Waals surface area (Å²) in [7, 11) is 0. The number of halogens is 1. The monoisotopic (exact) mass is 334 g/mol. The van der Waals surface area contributed by atoms with Gasteiger partial charge < -0.3 is 9.47 Å². The zero-order valence-corrected chi connectivity index (χ0v) is 12.1. The lowest BCUT2D eigenvalue weighted by Gasteiger charge is -2.08. The minimum absolute atomic E-state index is 0.623. The van der Waals surface area contributed by atoms with Gasteiger partial charge in [-0.25, -0.2) is 0 Å². The SMILES string of the molecule is CC(C)CCOCCOc1cccc(I)c1. The van der Waals surface area contributed by atoms with Crippen LogP contribution in [0.4, 0.5) is 0 Å². The molecule has 0 unspecified atom stereocenters. The highest BCUT2D eigenvalue weighted by Gasteiger charge is 1.96. The van der Waals surface area contributed by atoms with Crippen molar-refractivity contribution in [2.45, 2.75) is 20.3 Å². The van der Waals surface area contributed by atoms with Crippen LogP contribution >= 0.6 is 22.6 Å². The Morgan fingerprint density at radius 2 is 2.00 bits per heavy atom. The van der Waals surface area contributed by atoms with E-state index in [9.17, 15) is 0 Å². The molecule has 90 valence electrons. The third-order valence-electron chi connectivity index (χ3n) is 2.13. The van der Waals surface area contributed by atoms with Crippen LogP contribution in [0.1, 0.15) is 20.3 Å². The maximum Gasteiger partial charge on any atom is 0.120 e. The maximum atomic E-state index is 5.56. The van der Waals surface area contributed by atoms with Gasteiger partial charge in [0, 0.05) is 10.2 Å². The second kappa shape index (κ2) is 7.90. The van der Waals surface area contributed by atoms with Crippen LogP contribution in [0.3, 0.4) is 0 Å². The summed E-state index contributed by atoms with van der Waals surface area (Å²) in [6.45, 7) is 6.52. The fourth-order valence-corrected chi connectivity index (χ4v) is 1.71. The average molecular weight is 334 g/mol. The van der Waals surface area contributed by atoms with Gasteiger partial charge in [0.05, 0.1) is 6.61 Å². The number of rotatable bonds is 7. The Labute approximate surface area is 111 Å². The van der Waals surface area contributed by atoms with Gasteiger partial charge in [-0.2, -0.15) is 0 Å². The Kier molecular flexibility index (Phi) is 6.80. The van der Waals surface area contributed by atoms with Crippen molar-refractivity contribution < 1.29 is 9.47 Å². The Morgan fingerprint density at radius 1 is 1.19 bits per heavy atom. The molecule has 1 aromatic rings. The molecule has 0 aliphatic heterocycles. The standard InChI is InChI=1S/C13H19IO2/c1-11(2)6-7-15-8-9-16-13-5-3-4-12(14)10-13/h3-5,10-11H,6-9H2,1-2H3. The van der Waals surface area contributed by atoms with Crippen molar-refractivity contribution in [1.29, 1.82) is 0 Å². The van der Waals surface area contributed by atoms with Crippen molar-refractivity contribution >= 4 is 22.6 Å². The normalized spacial score (nSPS) is 10.8. The summed E-state index contributed by atoms with van der Waals surface area (Å²) < 4.78 is 12.2. The molecule has 0 atom stereocenters. The first-order valence-electron chi connectivity index (χ1n) is 5.64. The van der Waals surface area contributed by atoms with Crippen LogP contribution in [0.5, 0.6) is 5.75 Å². The molecule has 3 heteroatoms. The third-order valence-corrected chi connectivity index (χ3v) is 2.80. The molecular formula is C13H19IO2. The van der Waals surface area contributed by atoms with Gasteiger partial charge in [0.1, 0.15) is 12.4 Å². The van der Waals surface area contributed by atoms with E-state index in [0.717, 1.165) is 18.8 Å². The summed E-state index contributed by atoms with van der Waals surface area (Å²) in [6.07, 6.45) is 1.11. The molecule has 16 heavy (non-hydrogen) atoms. The van der Waals surface area contributed by atoms with Gasteiger partial charge in [0.2, 0.25) is 0 Å². The van der Waals surface area contributed by atoms with E-state index in [0.29, 0.717) is 19.1 Å². The number of hydrogen-bond acceptors (Lipinski definition) is 2. The zero-order valence-electron chi connectivity index (χ0n) is 9.91. The summed E-state index contributed by atoms with van der Waals surface area (Å²) in [6, 6.07) is 8.04. The molecular weight excluding hydrogens is 315 g/mol. The predicted octanol–water partition coefficient (Wildman–Crippen LogP) is 3.73. The molecule has 0 bridgehead atoms. The summed E-state index contributed by atoms with van der Waals surface area (Å²) in [5.74, 6) is 1.62. The molecule has 0 aliphatic carbocycles. The molecule has 0 amide bonds. The molecule has 1 aromatic carbocycles. The van der Waals surface area contributed by atoms with Gasteiger partial charge in [0.15, 0.2) is 0 Å². The number of hydrogen-bond donors (Lipinski definition) is 0. The van der Waals surface area contributed by atoms with Crippen LogP contribution in [-0.4, -0.2) is 19.8 Å². The number of benzene rings is 1. The lowest BCUT2D eigenvalue weighted by molar-refractivity contribution is 0.0925. The van der Waals surface area contributed by atoms with Crippen molar-refractivity contribution in [2.75, 3.05) is 19.8 Å². The van der Waals surface area contributed by atoms with E-state index in [4.69, 9.17) is 9.47 Å². The van der Waals surface area contributed by atoms with Crippen LogP contribution in [0.2, 0.25) is 0 Å². The van der Waals surface area contributed by atoms with E-state index in [1.54, 1.807) is 0 Å². The van der Waals surface area contributed by atoms with Crippen LogP contribution in [-0.2, 0) is 4.74 Å². The maximum absolute atomic E-state index is 5.56. The Hall–Kier alpha value is -0.290. The molecule has 0 spiro atoms. The zero-order chi connectivity index (χ0) is 11.8. The van der Waals surface area contributed by atoms with Crippen LogP contribution in [0.25, 0.3) is 0 Å². The van der Waals surface area contributed by atoms with Crippen molar-refractivity contribution in [3.63, 3.8) is 0 Å². The van der Waals surface area contributed by atoms with Gasteiger partial charge in [-0.15, -0.1) is 0 Å². The number of ether oxygens (including phenoxy) is 2. The predicted molar refractivity (Wildman–Crippen MR) is 74.9 cm³/mol. The van der Waals surface area contributed by atoms with E-state index >= 15 is 0 Å². The van der Waals surface area contributed by atoms with Crippen LogP contribution < -0.4 is 4.74 Å². The smallest absolute Gasteiger partial charge is 0.120 e. The first kappa shape index (κ1) is 13.8. The van der Waals surface area contributed by atoms with E-state index in [-0.39, 0.29) is 0 Å². The van der Waals surface area contributed by atoms with Gasteiger partial charge in [-0.1, -0.05) is 19.9 Å². The van der Waals surface area contributed by atoms with Gasteiger partial charge in [-0.05, 0) is 53.1 Å². The summed E-state index contributed by atoms with van der Waals surface area (Å²) >= 11 is 2.28. The van der Waals surface area contributed by atoms with E-state index < -0.39 is 0 Å². The van der Waals surface area contributed by atoms with Crippen molar-refractivity contribution in [1.82, 2.24) is 0 Å². The lowest BCUT2D eigenvalue weighted by Crippen LogP contribution is -2.08. The molecule has 1 rings (SSSR count). The largest absolute Gasteiger partial charge is 0.491 e. The molecule has 2 nitrogen and oxygen atoms in total. The minimum atomic E-state index is 0.623. The Morgan fingerprint density at radius 3 is 2.69 bits per heavy atom. The lowest BCUT2D eigenvalue weighted by atomic mass is 10.1. The van der Waals surface area contributed by atoms with E-state index in [1.807, 2.05) is 24.3 Å². The highest BCUT2D eigenvalue weighted by molar-refractivity contribution is 14.1. The molecule has 0 heterocycles. The highest BCUT2D eigenvalue weighted by Crippen LogP contribution is 2.14. The second-order valence-corrected chi connectivity index (χ2v) is 5.35. The first-order valence-corrected chi connectivity index (χ1v) is 6.72. The summed E-state index contributed by atoms with van der Waals surface area (Å²) in [5.41, 5.74) is 0. The molecule has 0 fully saturated rings. The second-order valence-electron chi connectivity index (χ2n) is 4.10. The first-order chi connectivity index (χ1) is 7.68. The summed E-state index contributed by atoms with van der Waals surface area (Å²) in [4.78, 5) is 0. The topological polar surface area (TPSA) is 18.5 Å². The van der Waals surface area contributed by atoms with Crippen molar-refractivity contribution in [3.8, 4) is 5.75 Å². The van der Waals surface area contributed by atoms with Gasteiger partial charge in [0.25, 0.3) is 0 Å². The van der Waals surface area contributed by atoms with E-state index in [2.05, 4.69) is 36.4 Å². The van der Waals surface area contributed by atoms with Gasteiger partial charge in [-0.3, -0.25) is 0 Å². The van der Waals surface area contributed by atoms with Crippen LogP contribution in [0.15, 0.2) is 24.3 Å². The quantitative estimate of drug-likeness (QED) is 0.559. The fraction of sp³-hybridized carbons (Fsp3) is 0.538. The molecule has 0 saturated heterocycles. The average Bonchev–Trinajstić information content (AvgIpc) is 2.23. The molecule has 0 N–H and O–H groups in total. The summed E-state index contributed by atoms with van der Waals surface area (Å²) in [5, 5.41) is 0. The van der Waals surface area contributed by atoms with Crippen molar-refractivity contribution in [2.24, 2.45) is 5.92 Å². The minimum Gasteiger partial charge on any atom is -0.491 e. The van der Waals surface area contributed by atoms with E-state index in [1.165, 1.54) is 3.57 Å². The molecule has 0 aliphatic rings. The Balaban J connectivity index is 2.07.